The largest absolute Gasteiger partial charge is 0.308 e. The fourth-order valence-corrected chi connectivity index (χ4v) is 2.30. The first-order valence-corrected chi connectivity index (χ1v) is 6.32. The minimum Gasteiger partial charge on any atom is -0.308 e. The van der Waals surface area contributed by atoms with Crippen LogP contribution in [0.5, 0.6) is 0 Å². The summed E-state index contributed by atoms with van der Waals surface area (Å²) in [6, 6.07) is 7.43. The zero-order valence-electron chi connectivity index (χ0n) is 10.8. The van der Waals surface area contributed by atoms with Crippen molar-refractivity contribution in [2.75, 3.05) is 11.4 Å². The number of nitrogens with zero attached hydrogens (tertiary/aromatic N) is 2. The van der Waals surface area contributed by atoms with E-state index in [2.05, 4.69) is 5.32 Å². The second-order valence-corrected chi connectivity index (χ2v) is 4.69. The molecule has 19 heavy (non-hydrogen) atoms. The predicted octanol–water partition coefficient (Wildman–Crippen LogP) is 1.82. The number of amides is 1. The highest BCUT2D eigenvalue weighted by Crippen LogP contribution is 2.22. The lowest BCUT2D eigenvalue weighted by Gasteiger charge is -2.28. The van der Waals surface area contributed by atoms with Crippen molar-refractivity contribution < 1.29 is 9.18 Å². The molecule has 0 saturated carbocycles. The van der Waals surface area contributed by atoms with Gasteiger partial charge >= 0.3 is 0 Å². The molecule has 1 N–H and O–H groups in total. The molecule has 1 aliphatic rings. The molecule has 0 bridgehead atoms. The van der Waals surface area contributed by atoms with Crippen LogP contribution >= 0.6 is 0 Å². The maximum Gasteiger partial charge on any atom is 0.245 e. The minimum atomic E-state index is -0.486. The lowest BCUT2D eigenvalue weighted by molar-refractivity contribution is -0.120. The molecule has 1 aromatic carbocycles. The highest BCUT2D eigenvalue weighted by molar-refractivity contribution is 5.98. The zero-order valence-corrected chi connectivity index (χ0v) is 10.8. The topological polar surface area (TPSA) is 56.1 Å². The normalized spacial score (nSPS) is 23.8. The van der Waals surface area contributed by atoms with E-state index in [9.17, 15) is 9.18 Å². The summed E-state index contributed by atoms with van der Waals surface area (Å²) < 4.78 is 13.0. The van der Waals surface area contributed by atoms with Gasteiger partial charge in [-0.25, -0.2) is 4.39 Å². The van der Waals surface area contributed by atoms with E-state index in [4.69, 9.17) is 5.26 Å². The van der Waals surface area contributed by atoms with Gasteiger partial charge < -0.3 is 10.2 Å². The first-order chi connectivity index (χ1) is 9.13. The van der Waals surface area contributed by atoms with E-state index >= 15 is 0 Å². The van der Waals surface area contributed by atoms with E-state index in [1.165, 1.54) is 12.1 Å². The molecule has 5 heteroatoms. The van der Waals surface area contributed by atoms with Crippen molar-refractivity contribution in [1.82, 2.24) is 5.32 Å². The maximum absolute atomic E-state index is 13.0. The summed E-state index contributed by atoms with van der Waals surface area (Å²) in [6.45, 7) is 2.65. The molecule has 1 amide bonds. The Morgan fingerprint density at radius 1 is 1.47 bits per heavy atom. The lowest BCUT2D eigenvalue weighted by atomic mass is 10.1. The quantitative estimate of drug-likeness (QED) is 0.883. The molecular weight excluding hydrogens is 245 g/mol. The molecule has 2 rings (SSSR count). The standard InChI is InChI=1S/C14H16FN3O/c1-10-7-9-17-13(6-8-16)14(19)18(10)12-4-2-11(15)3-5-12/h2-5,10,13,17H,6-7,9H2,1H3. The number of carbonyl (C=O) groups is 1. The van der Waals surface area contributed by atoms with Crippen LogP contribution in [0.2, 0.25) is 0 Å². The van der Waals surface area contributed by atoms with Gasteiger partial charge in [0.05, 0.1) is 12.5 Å². The number of hydrogen-bond donors (Lipinski definition) is 1. The molecule has 1 aromatic rings. The Kier molecular flexibility index (Phi) is 4.13. The fraction of sp³-hybridized carbons (Fsp3) is 0.429. The van der Waals surface area contributed by atoms with Crippen molar-refractivity contribution in [2.45, 2.75) is 31.8 Å². The van der Waals surface area contributed by atoms with E-state index in [0.29, 0.717) is 12.2 Å². The fourth-order valence-electron chi connectivity index (χ4n) is 2.30. The maximum atomic E-state index is 13.0. The number of benzene rings is 1. The van der Waals surface area contributed by atoms with E-state index in [0.717, 1.165) is 6.42 Å². The minimum absolute atomic E-state index is 0.0224. The average Bonchev–Trinajstić information content (AvgIpc) is 2.52. The van der Waals surface area contributed by atoms with Crippen LogP contribution < -0.4 is 10.2 Å². The van der Waals surface area contributed by atoms with Gasteiger partial charge in [-0.05, 0) is 44.2 Å². The van der Waals surface area contributed by atoms with Crippen LogP contribution in [0.3, 0.4) is 0 Å². The van der Waals surface area contributed by atoms with Crippen molar-refractivity contribution in [3.63, 3.8) is 0 Å². The monoisotopic (exact) mass is 261 g/mol. The Bertz CT molecular complexity index is 494. The summed E-state index contributed by atoms with van der Waals surface area (Å²) >= 11 is 0. The SMILES string of the molecule is CC1CCNC(CC#N)C(=O)N1c1ccc(F)cc1. The number of anilines is 1. The number of rotatable bonds is 2. The first-order valence-electron chi connectivity index (χ1n) is 6.32. The van der Waals surface area contributed by atoms with Gasteiger partial charge in [-0.15, -0.1) is 0 Å². The van der Waals surface area contributed by atoms with Gasteiger partial charge in [0.1, 0.15) is 11.9 Å². The van der Waals surface area contributed by atoms with Gasteiger partial charge in [0.2, 0.25) is 5.91 Å². The lowest BCUT2D eigenvalue weighted by Crippen LogP contribution is -2.46. The van der Waals surface area contributed by atoms with Crippen LogP contribution in [0.1, 0.15) is 19.8 Å². The van der Waals surface area contributed by atoms with Crippen molar-refractivity contribution in [1.29, 1.82) is 5.26 Å². The van der Waals surface area contributed by atoms with Crippen LogP contribution in [-0.4, -0.2) is 24.5 Å². The van der Waals surface area contributed by atoms with Crippen molar-refractivity contribution >= 4 is 11.6 Å². The third kappa shape index (κ3) is 2.91. The average molecular weight is 261 g/mol. The third-order valence-electron chi connectivity index (χ3n) is 3.33. The Labute approximate surface area is 111 Å². The summed E-state index contributed by atoms with van der Waals surface area (Å²) in [5, 5.41) is 11.9. The first kappa shape index (κ1) is 13.5. The van der Waals surface area contributed by atoms with Gasteiger partial charge in [0.15, 0.2) is 0 Å². The van der Waals surface area contributed by atoms with Gasteiger partial charge in [0, 0.05) is 11.7 Å². The molecule has 1 heterocycles. The summed E-state index contributed by atoms with van der Waals surface area (Å²) in [4.78, 5) is 14.1. The van der Waals surface area contributed by atoms with E-state index < -0.39 is 6.04 Å². The highest BCUT2D eigenvalue weighted by atomic mass is 19.1. The Morgan fingerprint density at radius 2 is 2.16 bits per heavy atom. The predicted molar refractivity (Wildman–Crippen MR) is 70.0 cm³/mol. The molecule has 0 aliphatic carbocycles. The van der Waals surface area contributed by atoms with Crippen LogP contribution in [0.25, 0.3) is 0 Å². The number of carbonyl (C=O) groups excluding carboxylic acids is 1. The molecule has 100 valence electrons. The molecule has 0 spiro atoms. The van der Waals surface area contributed by atoms with Gasteiger partial charge in [-0.1, -0.05) is 0 Å². The Hall–Kier alpha value is -1.93. The summed E-state index contributed by atoms with van der Waals surface area (Å²) in [6.07, 6.45) is 0.939. The molecular formula is C14H16FN3O. The molecule has 1 saturated heterocycles. The molecule has 2 unspecified atom stereocenters. The van der Waals surface area contributed by atoms with Crippen LogP contribution in [0.15, 0.2) is 24.3 Å². The van der Waals surface area contributed by atoms with Crippen molar-refractivity contribution in [2.24, 2.45) is 0 Å². The summed E-state index contributed by atoms with van der Waals surface area (Å²) in [5.74, 6) is -0.455. The smallest absolute Gasteiger partial charge is 0.245 e. The molecule has 1 aliphatic heterocycles. The number of nitrogens with one attached hydrogen (secondary N) is 1. The molecule has 1 fully saturated rings. The van der Waals surface area contributed by atoms with Crippen LogP contribution in [-0.2, 0) is 4.79 Å². The van der Waals surface area contributed by atoms with Crippen molar-refractivity contribution in [3.05, 3.63) is 30.1 Å². The van der Waals surface area contributed by atoms with Gasteiger partial charge in [0.25, 0.3) is 0 Å². The van der Waals surface area contributed by atoms with E-state index in [1.807, 2.05) is 13.0 Å². The number of halogens is 1. The van der Waals surface area contributed by atoms with Gasteiger partial charge in [-0.2, -0.15) is 5.26 Å². The number of hydrogen-bond acceptors (Lipinski definition) is 3. The second-order valence-electron chi connectivity index (χ2n) is 4.69. The van der Waals surface area contributed by atoms with E-state index in [-0.39, 0.29) is 24.2 Å². The van der Waals surface area contributed by atoms with E-state index in [1.54, 1.807) is 17.0 Å². The highest BCUT2D eigenvalue weighted by Gasteiger charge is 2.31. The summed E-state index contributed by atoms with van der Waals surface area (Å²) in [7, 11) is 0. The van der Waals surface area contributed by atoms with Crippen LogP contribution in [0, 0.1) is 17.1 Å². The molecule has 0 aromatic heterocycles. The zero-order chi connectivity index (χ0) is 13.8. The Balaban J connectivity index is 2.31. The Morgan fingerprint density at radius 3 is 2.79 bits per heavy atom. The second kappa shape index (κ2) is 5.81. The molecule has 0 radical (unpaired) electrons. The third-order valence-corrected chi connectivity index (χ3v) is 3.33. The van der Waals surface area contributed by atoms with Gasteiger partial charge in [-0.3, -0.25) is 4.79 Å². The van der Waals surface area contributed by atoms with Crippen LogP contribution in [0.4, 0.5) is 10.1 Å². The molecule has 2 atom stereocenters. The summed E-state index contributed by atoms with van der Waals surface area (Å²) in [5.41, 5.74) is 0.672. The number of nitriles is 1. The van der Waals surface area contributed by atoms with Crippen molar-refractivity contribution in [3.8, 4) is 6.07 Å². The molecule has 4 nitrogen and oxygen atoms in total.